The third-order valence-electron chi connectivity index (χ3n) is 3.24. The maximum atomic E-state index is 8.99. The van der Waals surface area contributed by atoms with Crippen LogP contribution in [0, 0.1) is 11.3 Å². The highest BCUT2D eigenvalue weighted by atomic mass is 35.5. The maximum absolute atomic E-state index is 8.99. The van der Waals surface area contributed by atoms with Gasteiger partial charge in [-0.3, -0.25) is 0 Å². The van der Waals surface area contributed by atoms with E-state index in [0.717, 1.165) is 36.8 Å². The van der Waals surface area contributed by atoms with Gasteiger partial charge in [-0.15, -0.1) is 10.2 Å². The van der Waals surface area contributed by atoms with E-state index in [0.29, 0.717) is 15.6 Å². The number of nitrogens with zero attached hydrogens (tertiary/aromatic N) is 5. The minimum atomic E-state index is 0.381. The van der Waals surface area contributed by atoms with E-state index >= 15 is 0 Å². The molecule has 2 aromatic rings. The monoisotopic (exact) mass is 305 g/mol. The molecule has 0 saturated carbocycles. The van der Waals surface area contributed by atoms with Crippen LogP contribution in [0.4, 0.5) is 0 Å². The van der Waals surface area contributed by atoms with Gasteiger partial charge in [-0.1, -0.05) is 18.0 Å². The lowest BCUT2D eigenvalue weighted by molar-refractivity contribution is 0.590. The number of hydrogen-bond donors (Lipinski definition) is 0. The number of rotatable bonds is 2. The largest absolute Gasteiger partial charge is 0.306 e. The summed E-state index contributed by atoms with van der Waals surface area (Å²) in [5, 5.41) is 19.2. The highest BCUT2D eigenvalue weighted by Crippen LogP contribution is 2.33. The summed E-state index contributed by atoms with van der Waals surface area (Å²) in [6, 6.07) is 3.67. The molecule has 0 aromatic carbocycles. The smallest absolute Gasteiger partial charge is 0.197 e. The highest BCUT2D eigenvalue weighted by Gasteiger charge is 2.18. The van der Waals surface area contributed by atoms with Gasteiger partial charge in [0.1, 0.15) is 16.9 Å². The quantitative estimate of drug-likeness (QED) is 0.853. The van der Waals surface area contributed by atoms with Gasteiger partial charge in [0.15, 0.2) is 5.16 Å². The molecule has 1 aliphatic rings. The lowest BCUT2D eigenvalue weighted by Crippen LogP contribution is -2.02. The first-order chi connectivity index (χ1) is 9.79. The molecule has 0 aliphatic carbocycles. The molecular weight excluding hydrogens is 294 g/mol. The van der Waals surface area contributed by atoms with Crippen molar-refractivity contribution in [2.24, 2.45) is 0 Å². The molecule has 0 unspecified atom stereocenters. The van der Waals surface area contributed by atoms with E-state index in [2.05, 4.69) is 25.8 Å². The lowest BCUT2D eigenvalue weighted by Gasteiger charge is -2.07. The Morgan fingerprint density at radius 2 is 2.20 bits per heavy atom. The SMILES string of the molecule is N#Cc1ccnc(Sc2nnc3n2CCCCC3)c1Cl. The third-order valence-corrected chi connectivity index (χ3v) is 4.72. The van der Waals surface area contributed by atoms with E-state index in [4.69, 9.17) is 16.9 Å². The molecule has 7 heteroatoms. The van der Waals surface area contributed by atoms with Crippen molar-refractivity contribution in [1.29, 1.82) is 5.26 Å². The first kappa shape index (κ1) is 13.4. The summed E-state index contributed by atoms with van der Waals surface area (Å²) < 4.78 is 2.13. The molecule has 0 bridgehead atoms. The number of pyridine rings is 1. The average molecular weight is 306 g/mol. The van der Waals surface area contributed by atoms with Crippen LogP contribution in [0.1, 0.15) is 30.7 Å². The van der Waals surface area contributed by atoms with Crippen molar-refractivity contribution in [3.05, 3.63) is 28.7 Å². The van der Waals surface area contributed by atoms with Crippen LogP contribution in [0.15, 0.2) is 22.4 Å². The van der Waals surface area contributed by atoms with Crippen molar-refractivity contribution in [3.63, 3.8) is 0 Å². The zero-order valence-electron chi connectivity index (χ0n) is 10.7. The van der Waals surface area contributed by atoms with Crippen molar-refractivity contribution >= 4 is 23.4 Å². The second kappa shape index (κ2) is 5.81. The van der Waals surface area contributed by atoms with Gasteiger partial charge in [0, 0.05) is 19.2 Å². The summed E-state index contributed by atoms with van der Waals surface area (Å²) in [5.41, 5.74) is 0.430. The zero-order chi connectivity index (χ0) is 13.9. The van der Waals surface area contributed by atoms with Gasteiger partial charge in [-0.2, -0.15) is 5.26 Å². The normalized spacial score (nSPS) is 14.4. The Morgan fingerprint density at radius 3 is 3.05 bits per heavy atom. The second-order valence-electron chi connectivity index (χ2n) is 4.55. The Morgan fingerprint density at radius 1 is 1.30 bits per heavy atom. The molecule has 3 rings (SSSR count). The van der Waals surface area contributed by atoms with Crippen LogP contribution in [0.25, 0.3) is 0 Å². The van der Waals surface area contributed by atoms with Crippen LogP contribution in [0.5, 0.6) is 0 Å². The number of aryl methyl sites for hydroxylation is 1. The van der Waals surface area contributed by atoms with Crippen LogP contribution in [0.2, 0.25) is 5.02 Å². The van der Waals surface area contributed by atoms with Gasteiger partial charge in [0.2, 0.25) is 0 Å². The fourth-order valence-electron chi connectivity index (χ4n) is 2.20. The van der Waals surface area contributed by atoms with Gasteiger partial charge >= 0.3 is 0 Å². The van der Waals surface area contributed by atoms with Crippen molar-refractivity contribution in [3.8, 4) is 6.07 Å². The van der Waals surface area contributed by atoms with Crippen LogP contribution in [-0.2, 0) is 13.0 Å². The number of fused-ring (bicyclic) bond motifs is 1. The van der Waals surface area contributed by atoms with E-state index < -0.39 is 0 Å². The maximum Gasteiger partial charge on any atom is 0.197 e. The third kappa shape index (κ3) is 2.51. The average Bonchev–Trinajstić information content (AvgIpc) is 2.70. The van der Waals surface area contributed by atoms with Gasteiger partial charge in [0.05, 0.1) is 10.6 Å². The molecule has 2 aromatic heterocycles. The van der Waals surface area contributed by atoms with Crippen LogP contribution < -0.4 is 0 Å². The molecule has 0 radical (unpaired) electrons. The summed E-state index contributed by atoms with van der Waals surface area (Å²) >= 11 is 7.55. The fourth-order valence-corrected chi connectivity index (χ4v) is 3.35. The van der Waals surface area contributed by atoms with Gasteiger partial charge in [-0.25, -0.2) is 4.98 Å². The number of hydrogen-bond acceptors (Lipinski definition) is 5. The standard InChI is InChI=1S/C13H12ClN5S/c14-11-9(8-15)5-6-16-12(11)20-13-18-17-10-4-2-1-3-7-19(10)13/h5-6H,1-4,7H2. The van der Waals surface area contributed by atoms with Crippen LogP contribution >= 0.6 is 23.4 Å². The molecule has 0 amide bonds. The van der Waals surface area contributed by atoms with E-state index in [-0.39, 0.29) is 0 Å². The minimum absolute atomic E-state index is 0.381. The van der Waals surface area contributed by atoms with E-state index in [1.54, 1.807) is 12.3 Å². The minimum Gasteiger partial charge on any atom is -0.306 e. The van der Waals surface area contributed by atoms with Gasteiger partial charge in [-0.05, 0) is 30.7 Å². The van der Waals surface area contributed by atoms with Gasteiger partial charge in [0.25, 0.3) is 0 Å². The molecule has 0 fully saturated rings. The lowest BCUT2D eigenvalue weighted by atomic mass is 10.2. The van der Waals surface area contributed by atoms with Crippen LogP contribution in [0.3, 0.4) is 0 Å². The molecule has 20 heavy (non-hydrogen) atoms. The van der Waals surface area contributed by atoms with E-state index in [1.807, 2.05) is 0 Å². The summed E-state index contributed by atoms with van der Waals surface area (Å²) in [7, 11) is 0. The molecule has 5 nitrogen and oxygen atoms in total. The van der Waals surface area contributed by atoms with E-state index in [9.17, 15) is 0 Å². The highest BCUT2D eigenvalue weighted by molar-refractivity contribution is 7.99. The first-order valence-corrected chi connectivity index (χ1v) is 7.63. The second-order valence-corrected chi connectivity index (χ2v) is 5.89. The molecular formula is C13H12ClN5S. The molecule has 3 heterocycles. The van der Waals surface area contributed by atoms with Crippen molar-refractivity contribution < 1.29 is 0 Å². The number of nitriles is 1. The molecule has 102 valence electrons. The molecule has 0 atom stereocenters. The van der Waals surface area contributed by atoms with Crippen molar-refractivity contribution in [2.75, 3.05) is 0 Å². The first-order valence-electron chi connectivity index (χ1n) is 6.44. The Bertz CT molecular complexity index is 676. The summed E-state index contributed by atoms with van der Waals surface area (Å²) in [5.74, 6) is 1.03. The van der Waals surface area contributed by atoms with Gasteiger partial charge < -0.3 is 4.57 Å². The Labute approximate surface area is 126 Å². The summed E-state index contributed by atoms with van der Waals surface area (Å²) in [6.45, 7) is 0.931. The fraction of sp³-hybridized carbons (Fsp3) is 0.385. The number of aromatic nitrogens is 4. The Balaban J connectivity index is 1.93. The summed E-state index contributed by atoms with van der Waals surface area (Å²) in [4.78, 5) is 4.23. The molecule has 0 N–H and O–H groups in total. The van der Waals surface area contributed by atoms with Crippen molar-refractivity contribution in [2.45, 2.75) is 42.4 Å². The summed E-state index contributed by atoms with van der Waals surface area (Å²) in [6.07, 6.45) is 6.07. The van der Waals surface area contributed by atoms with Crippen molar-refractivity contribution in [1.82, 2.24) is 19.7 Å². The number of halogens is 1. The predicted molar refractivity (Wildman–Crippen MR) is 75.7 cm³/mol. The van der Waals surface area contributed by atoms with Crippen LogP contribution in [-0.4, -0.2) is 19.7 Å². The topological polar surface area (TPSA) is 67.4 Å². The molecule has 1 aliphatic heterocycles. The molecule has 0 spiro atoms. The Kier molecular flexibility index (Phi) is 3.90. The van der Waals surface area contributed by atoms with E-state index in [1.165, 1.54) is 18.2 Å². The predicted octanol–water partition coefficient (Wildman–Crippen LogP) is 3.08. The zero-order valence-corrected chi connectivity index (χ0v) is 12.3. The molecule has 0 saturated heterocycles. The Hall–Kier alpha value is -1.58.